The fourth-order valence-corrected chi connectivity index (χ4v) is 1.84. The molecular weight excluding hydrogens is 265 g/mol. The molecule has 0 saturated carbocycles. The largest absolute Gasteiger partial charge is 0.457 e. The van der Waals surface area contributed by atoms with Crippen LogP contribution in [0.15, 0.2) is 42.5 Å². The lowest BCUT2D eigenvalue weighted by molar-refractivity contribution is -0.137. The van der Waals surface area contributed by atoms with Crippen LogP contribution in [-0.4, -0.2) is 0 Å². The van der Waals surface area contributed by atoms with Crippen LogP contribution < -0.4 is 4.74 Å². The van der Waals surface area contributed by atoms with Crippen LogP contribution in [0.2, 0.25) is 0 Å². The van der Waals surface area contributed by atoms with E-state index in [1.54, 1.807) is 0 Å². The average molecular weight is 280 g/mol. The zero-order chi connectivity index (χ0) is 14.8. The maximum Gasteiger partial charge on any atom is 0.416 e. The Labute approximate surface area is 116 Å². The van der Waals surface area contributed by atoms with E-state index in [-0.39, 0.29) is 5.75 Å². The van der Waals surface area contributed by atoms with E-state index in [2.05, 4.69) is 0 Å². The molecule has 0 bridgehead atoms. The molecule has 0 atom stereocenters. The summed E-state index contributed by atoms with van der Waals surface area (Å²) in [6, 6.07) is 10.6. The summed E-state index contributed by atoms with van der Waals surface area (Å²) in [7, 11) is 0. The molecule has 2 aromatic carbocycles. The van der Waals surface area contributed by atoms with E-state index in [0.29, 0.717) is 5.75 Å². The highest BCUT2D eigenvalue weighted by Crippen LogP contribution is 2.33. The predicted molar refractivity (Wildman–Crippen MR) is 72.1 cm³/mol. The number of alkyl halides is 3. The smallest absolute Gasteiger partial charge is 0.416 e. The quantitative estimate of drug-likeness (QED) is 0.734. The molecule has 0 N–H and O–H groups in total. The van der Waals surface area contributed by atoms with Gasteiger partial charge in [0.1, 0.15) is 11.5 Å². The summed E-state index contributed by atoms with van der Waals surface area (Å²) in [5, 5.41) is 0. The van der Waals surface area contributed by atoms with Gasteiger partial charge in [-0.25, -0.2) is 0 Å². The van der Waals surface area contributed by atoms with Crippen LogP contribution in [0.5, 0.6) is 11.5 Å². The lowest BCUT2D eigenvalue weighted by atomic mass is 10.1. The predicted octanol–water partition coefficient (Wildman–Crippen LogP) is 5.37. The van der Waals surface area contributed by atoms with E-state index in [0.717, 1.165) is 29.7 Å². The molecule has 0 fully saturated rings. The van der Waals surface area contributed by atoms with Gasteiger partial charge in [-0.05, 0) is 48.7 Å². The van der Waals surface area contributed by atoms with Gasteiger partial charge < -0.3 is 4.74 Å². The van der Waals surface area contributed by atoms with Gasteiger partial charge in [0.25, 0.3) is 0 Å². The molecule has 0 amide bonds. The van der Waals surface area contributed by atoms with Crippen LogP contribution in [0.1, 0.15) is 23.6 Å². The summed E-state index contributed by atoms with van der Waals surface area (Å²) < 4.78 is 43.5. The van der Waals surface area contributed by atoms with Crippen molar-refractivity contribution in [3.05, 3.63) is 59.2 Å². The van der Waals surface area contributed by atoms with Gasteiger partial charge in [0.2, 0.25) is 0 Å². The van der Waals surface area contributed by atoms with Crippen molar-refractivity contribution in [2.45, 2.75) is 26.4 Å². The standard InChI is InChI=1S/C16H15F3O/c1-3-12-8-7-11(2)15(9-12)20-14-6-4-5-13(10-14)16(17,18)19/h4-10H,3H2,1-2H3. The summed E-state index contributed by atoms with van der Waals surface area (Å²) in [6.07, 6.45) is -3.51. The van der Waals surface area contributed by atoms with Crippen LogP contribution >= 0.6 is 0 Å². The Balaban J connectivity index is 2.30. The fraction of sp³-hybridized carbons (Fsp3) is 0.250. The Kier molecular flexibility index (Phi) is 4.02. The minimum Gasteiger partial charge on any atom is -0.457 e. The minimum absolute atomic E-state index is 0.191. The molecule has 0 spiro atoms. The van der Waals surface area contributed by atoms with Gasteiger partial charge in [0, 0.05) is 0 Å². The van der Waals surface area contributed by atoms with E-state index in [1.807, 2.05) is 32.0 Å². The monoisotopic (exact) mass is 280 g/mol. The van der Waals surface area contributed by atoms with Crippen molar-refractivity contribution in [2.75, 3.05) is 0 Å². The summed E-state index contributed by atoms with van der Waals surface area (Å²) in [4.78, 5) is 0. The molecule has 2 rings (SSSR count). The molecule has 0 radical (unpaired) electrons. The third kappa shape index (κ3) is 3.32. The van der Waals surface area contributed by atoms with Gasteiger partial charge in [-0.1, -0.05) is 25.1 Å². The first-order valence-corrected chi connectivity index (χ1v) is 6.35. The van der Waals surface area contributed by atoms with Crippen LogP contribution in [0.3, 0.4) is 0 Å². The lowest BCUT2D eigenvalue weighted by Gasteiger charge is -2.12. The van der Waals surface area contributed by atoms with E-state index in [4.69, 9.17) is 4.74 Å². The van der Waals surface area contributed by atoms with Gasteiger partial charge >= 0.3 is 6.18 Å². The van der Waals surface area contributed by atoms with Crippen molar-refractivity contribution in [1.29, 1.82) is 0 Å². The SMILES string of the molecule is CCc1ccc(C)c(Oc2cccc(C(F)(F)F)c2)c1. The van der Waals surface area contributed by atoms with Gasteiger partial charge in [-0.3, -0.25) is 0 Å². The Hall–Kier alpha value is -1.97. The van der Waals surface area contributed by atoms with Crippen molar-refractivity contribution in [1.82, 2.24) is 0 Å². The highest BCUT2D eigenvalue weighted by atomic mass is 19.4. The van der Waals surface area contributed by atoms with E-state index >= 15 is 0 Å². The van der Waals surface area contributed by atoms with Gasteiger partial charge in [-0.15, -0.1) is 0 Å². The second-order valence-corrected chi connectivity index (χ2v) is 4.58. The lowest BCUT2D eigenvalue weighted by Crippen LogP contribution is -2.04. The van der Waals surface area contributed by atoms with Crippen LogP contribution in [0, 0.1) is 6.92 Å². The summed E-state index contributed by atoms with van der Waals surface area (Å²) in [5.74, 6) is 0.778. The number of benzene rings is 2. The third-order valence-corrected chi connectivity index (χ3v) is 3.05. The first-order chi connectivity index (χ1) is 9.40. The number of rotatable bonds is 3. The second-order valence-electron chi connectivity index (χ2n) is 4.58. The second kappa shape index (κ2) is 5.57. The van der Waals surface area contributed by atoms with Gasteiger partial charge in [0.15, 0.2) is 0 Å². The maximum absolute atomic E-state index is 12.6. The van der Waals surface area contributed by atoms with Crippen LogP contribution in [-0.2, 0) is 12.6 Å². The Morgan fingerprint density at radius 2 is 1.80 bits per heavy atom. The Bertz CT molecular complexity index is 603. The molecule has 106 valence electrons. The molecule has 2 aromatic rings. The van der Waals surface area contributed by atoms with E-state index in [9.17, 15) is 13.2 Å². The van der Waals surface area contributed by atoms with E-state index in [1.165, 1.54) is 12.1 Å². The Morgan fingerprint density at radius 1 is 1.05 bits per heavy atom. The molecule has 0 aromatic heterocycles. The molecule has 4 heteroatoms. The summed E-state index contributed by atoms with van der Waals surface area (Å²) in [6.45, 7) is 3.88. The van der Waals surface area contributed by atoms with Crippen molar-refractivity contribution < 1.29 is 17.9 Å². The highest BCUT2D eigenvalue weighted by molar-refractivity contribution is 5.41. The number of aryl methyl sites for hydroxylation is 2. The van der Waals surface area contributed by atoms with Crippen molar-refractivity contribution in [3.8, 4) is 11.5 Å². The summed E-state index contributed by atoms with van der Waals surface area (Å²) in [5.41, 5.74) is 1.26. The number of ether oxygens (including phenoxy) is 1. The third-order valence-electron chi connectivity index (χ3n) is 3.05. The van der Waals surface area contributed by atoms with Crippen molar-refractivity contribution in [3.63, 3.8) is 0 Å². The van der Waals surface area contributed by atoms with E-state index < -0.39 is 11.7 Å². The molecule has 0 aliphatic rings. The molecular formula is C16H15F3O. The average Bonchev–Trinajstić information content (AvgIpc) is 2.41. The fourth-order valence-electron chi connectivity index (χ4n) is 1.84. The zero-order valence-electron chi connectivity index (χ0n) is 11.3. The summed E-state index contributed by atoms with van der Waals surface area (Å²) >= 11 is 0. The topological polar surface area (TPSA) is 9.23 Å². The molecule has 0 heterocycles. The first kappa shape index (κ1) is 14.4. The molecule has 1 nitrogen and oxygen atoms in total. The molecule has 0 unspecified atom stereocenters. The number of halogens is 3. The molecule has 20 heavy (non-hydrogen) atoms. The molecule has 0 saturated heterocycles. The maximum atomic E-state index is 12.6. The van der Waals surface area contributed by atoms with Crippen molar-refractivity contribution in [2.24, 2.45) is 0 Å². The Morgan fingerprint density at radius 3 is 2.45 bits per heavy atom. The van der Waals surface area contributed by atoms with Gasteiger partial charge in [-0.2, -0.15) is 13.2 Å². The van der Waals surface area contributed by atoms with Crippen molar-refractivity contribution >= 4 is 0 Å². The normalized spacial score (nSPS) is 11.4. The number of hydrogen-bond acceptors (Lipinski definition) is 1. The van der Waals surface area contributed by atoms with Gasteiger partial charge in [0.05, 0.1) is 5.56 Å². The van der Waals surface area contributed by atoms with Crippen LogP contribution in [0.25, 0.3) is 0 Å². The number of hydrogen-bond donors (Lipinski definition) is 0. The molecule has 0 aliphatic heterocycles. The zero-order valence-corrected chi connectivity index (χ0v) is 11.3. The molecule has 0 aliphatic carbocycles. The van der Waals surface area contributed by atoms with Crippen LogP contribution in [0.4, 0.5) is 13.2 Å². The first-order valence-electron chi connectivity index (χ1n) is 6.35. The minimum atomic E-state index is -4.36. The highest BCUT2D eigenvalue weighted by Gasteiger charge is 2.30.